The number of hydrogen-bond acceptors (Lipinski definition) is 0. The third-order valence-corrected chi connectivity index (χ3v) is 16.8. The van der Waals surface area contributed by atoms with Gasteiger partial charge in [-0.1, -0.05) is 117 Å². The second-order valence-electron chi connectivity index (χ2n) is 9.39. The van der Waals surface area contributed by atoms with Gasteiger partial charge in [-0.15, -0.1) is 46.4 Å². The summed E-state index contributed by atoms with van der Waals surface area (Å²) in [7, 11) is 0. The molecule has 0 amide bonds. The molecule has 6 rings (SSSR count). The smallest absolute Gasteiger partial charge is 0.109 e. The predicted octanol–water partition coefficient (Wildman–Crippen LogP) is 10.1. The van der Waals surface area contributed by atoms with Crippen LogP contribution in [0.2, 0.25) is 0 Å². The van der Waals surface area contributed by atoms with E-state index in [4.69, 9.17) is 139 Å². The molecule has 0 nitrogen and oxygen atoms in total. The summed E-state index contributed by atoms with van der Waals surface area (Å²) in [5.41, 5.74) is 2.58. The van der Waals surface area contributed by atoms with Crippen LogP contribution in [-0.2, 0) is 0 Å². The zero-order valence-electron chi connectivity index (χ0n) is 16.1. The summed E-state index contributed by atoms with van der Waals surface area (Å²) < 4.78 is -3.61. The molecule has 2 saturated carbocycles. The van der Waals surface area contributed by atoms with Crippen molar-refractivity contribution < 1.29 is 0 Å². The average molecular weight is 688 g/mol. The highest BCUT2D eigenvalue weighted by Gasteiger charge is 2.91. The van der Waals surface area contributed by atoms with Gasteiger partial charge < -0.3 is 0 Å². The fourth-order valence-corrected chi connectivity index (χ4v) is 13.1. The lowest BCUT2D eigenvalue weighted by Gasteiger charge is -2.52. The molecule has 178 valence electrons. The van der Waals surface area contributed by atoms with Gasteiger partial charge in [0.15, 0.2) is 8.67 Å². The number of hydrogen-bond donors (Lipinski definition) is 0. The number of allylic oxidation sites excluding steroid dienone is 4. The summed E-state index contributed by atoms with van der Waals surface area (Å²) in [5, 5.41) is 0.281. The van der Waals surface area contributed by atoms with Gasteiger partial charge in [0, 0.05) is 23.7 Å². The first-order valence-corrected chi connectivity index (χ1v) is 14.3. The first-order chi connectivity index (χ1) is 15.0. The molecule has 8 atom stereocenters. The van der Waals surface area contributed by atoms with Crippen LogP contribution >= 0.6 is 139 Å². The fraction of sp³-hybridized carbons (Fsp3) is 0.524. The van der Waals surface area contributed by atoms with Gasteiger partial charge in [0.25, 0.3) is 0 Å². The van der Waals surface area contributed by atoms with Crippen molar-refractivity contribution in [2.45, 2.75) is 46.9 Å². The van der Waals surface area contributed by atoms with Gasteiger partial charge in [-0.3, -0.25) is 0 Å². The Morgan fingerprint density at radius 3 is 1.33 bits per heavy atom. The number of benzene rings is 1. The molecule has 0 saturated heterocycles. The molecule has 0 aliphatic heterocycles. The minimum Gasteiger partial charge on any atom is -0.109 e. The highest BCUT2D eigenvalue weighted by Crippen LogP contribution is 2.88. The summed E-state index contributed by atoms with van der Waals surface area (Å²) in [6.07, 6.45) is 0. The van der Waals surface area contributed by atoms with Crippen molar-refractivity contribution in [3.8, 4) is 0 Å². The zero-order valence-corrected chi connectivity index (χ0v) is 25.1. The maximum absolute atomic E-state index is 7.29. The van der Waals surface area contributed by atoms with Crippen LogP contribution in [-0.4, -0.2) is 28.2 Å². The summed E-state index contributed by atoms with van der Waals surface area (Å²) in [6, 6.07) is 5.85. The molecule has 0 spiro atoms. The average Bonchev–Trinajstić information content (AvgIpc) is 3.08. The third-order valence-electron chi connectivity index (χ3n) is 8.28. The molecule has 2 fully saturated rings. The molecule has 4 bridgehead atoms. The van der Waals surface area contributed by atoms with Crippen LogP contribution in [0.5, 0.6) is 0 Å². The Bertz CT molecular complexity index is 1230. The molecule has 5 aliphatic rings. The fourth-order valence-electron chi connectivity index (χ4n) is 7.02. The van der Waals surface area contributed by atoms with Gasteiger partial charge in [0.2, 0.25) is 0 Å². The Morgan fingerprint density at radius 2 is 0.909 bits per heavy atom. The molecular weight excluding hydrogens is 678 g/mol. The Kier molecular flexibility index (Phi) is 5.28. The highest BCUT2D eigenvalue weighted by atomic mass is 35.5. The SMILES string of the molecule is Cc1ccc2c(c1)[C@H]1[C@@H]([C@@H]3[C@H]2[C@]2(Cl)C(Cl)=C(Cl)[C@@]3(Cl)C2(Cl)Cl)[C@@]2(Cl)C(Cl)=C(Cl)[C@]1(Cl)C2(Cl)Cl. The van der Waals surface area contributed by atoms with Gasteiger partial charge in [-0.05, 0) is 18.1 Å². The second-order valence-corrected chi connectivity index (χ2v) is 15.9. The molecular formula is C21H10Cl12. The van der Waals surface area contributed by atoms with Crippen molar-refractivity contribution >= 4 is 139 Å². The largest absolute Gasteiger partial charge is 0.167 e. The first-order valence-electron chi connectivity index (χ1n) is 9.74. The minimum atomic E-state index is -1.81. The van der Waals surface area contributed by atoms with E-state index in [-0.39, 0.29) is 20.1 Å². The first kappa shape index (κ1) is 25.5. The zero-order chi connectivity index (χ0) is 24.5. The summed E-state index contributed by atoms with van der Waals surface area (Å²) in [5.74, 6) is -2.56. The summed E-state index contributed by atoms with van der Waals surface area (Å²) in [6.45, 7) is 1.95. The normalized spacial score (nSPS) is 50.1. The Morgan fingerprint density at radius 1 is 0.545 bits per heavy atom. The number of halogens is 12. The van der Waals surface area contributed by atoms with Gasteiger partial charge in [0.1, 0.15) is 19.5 Å². The lowest BCUT2D eigenvalue weighted by Crippen LogP contribution is -2.53. The van der Waals surface area contributed by atoms with Crippen LogP contribution in [0.3, 0.4) is 0 Å². The third kappa shape index (κ3) is 2.19. The monoisotopic (exact) mass is 682 g/mol. The Balaban J connectivity index is 1.79. The van der Waals surface area contributed by atoms with Crippen LogP contribution in [0.25, 0.3) is 0 Å². The molecule has 0 unspecified atom stereocenters. The second kappa shape index (κ2) is 6.84. The van der Waals surface area contributed by atoms with Crippen LogP contribution in [0.1, 0.15) is 28.5 Å². The molecule has 0 N–H and O–H groups in total. The van der Waals surface area contributed by atoms with E-state index in [2.05, 4.69) is 0 Å². The summed E-state index contributed by atoms with van der Waals surface area (Å²) >= 11 is 83.7. The van der Waals surface area contributed by atoms with Crippen molar-refractivity contribution in [1.29, 1.82) is 0 Å². The molecule has 33 heavy (non-hydrogen) atoms. The van der Waals surface area contributed by atoms with Crippen molar-refractivity contribution in [2.24, 2.45) is 11.8 Å². The van der Waals surface area contributed by atoms with E-state index in [0.717, 1.165) is 16.7 Å². The quantitative estimate of drug-likeness (QED) is 0.238. The van der Waals surface area contributed by atoms with E-state index in [0.29, 0.717) is 0 Å². The highest BCUT2D eigenvalue weighted by molar-refractivity contribution is 6.67. The standard InChI is InChI=1S/C21H10Cl12/c1-5-2-3-6-7(4-5)9-11(19(29)15(25)13(23)17(9,27)21(19,32)33)10-8(6)16(26)12(22)14(24)18(10,28)20(16,30)31/h2-4,8-11H,1H3/t8-,9-,10-,11-,16-,17-,18+,19+/m0/s1. The minimum absolute atomic E-state index is 0.0500. The molecule has 5 aliphatic carbocycles. The van der Waals surface area contributed by atoms with Gasteiger partial charge in [-0.25, -0.2) is 0 Å². The van der Waals surface area contributed by atoms with E-state index in [1.165, 1.54) is 0 Å². The molecule has 0 aromatic heterocycles. The van der Waals surface area contributed by atoms with Crippen molar-refractivity contribution in [2.75, 3.05) is 0 Å². The summed E-state index contributed by atoms with van der Waals surface area (Å²) in [4.78, 5) is -6.35. The van der Waals surface area contributed by atoms with Crippen molar-refractivity contribution in [1.82, 2.24) is 0 Å². The van der Waals surface area contributed by atoms with Crippen LogP contribution in [0.4, 0.5) is 0 Å². The Hall–Kier alpha value is 2.18. The van der Waals surface area contributed by atoms with E-state index in [1.54, 1.807) is 0 Å². The van der Waals surface area contributed by atoms with E-state index < -0.39 is 51.8 Å². The molecule has 12 heteroatoms. The number of rotatable bonds is 0. The van der Waals surface area contributed by atoms with E-state index >= 15 is 0 Å². The van der Waals surface area contributed by atoms with Gasteiger partial charge in [0.05, 0.1) is 20.1 Å². The van der Waals surface area contributed by atoms with Crippen LogP contribution in [0, 0.1) is 18.8 Å². The molecule has 1 aromatic rings. The Labute approximate surface area is 250 Å². The number of aryl methyl sites for hydroxylation is 1. The van der Waals surface area contributed by atoms with Crippen LogP contribution < -0.4 is 0 Å². The van der Waals surface area contributed by atoms with E-state index in [9.17, 15) is 0 Å². The maximum atomic E-state index is 7.29. The predicted molar refractivity (Wildman–Crippen MR) is 144 cm³/mol. The van der Waals surface area contributed by atoms with E-state index in [1.807, 2.05) is 25.1 Å². The van der Waals surface area contributed by atoms with Crippen molar-refractivity contribution in [3.63, 3.8) is 0 Å². The molecule has 0 radical (unpaired) electrons. The van der Waals surface area contributed by atoms with Crippen LogP contribution in [0.15, 0.2) is 38.3 Å². The van der Waals surface area contributed by atoms with Gasteiger partial charge >= 0.3 is 0 Å². The topological polar surface area (TPSA) is 0 Å². The number of fused-ring (bicyclic) bond motifs is 14. The molecule has 0 heterocycles. The maximum Gasteiger partial charge on any atom is 0.167 e. The number of alkyl halides is 8. The van der Waals surface area contributed by atoms with Gasteiger partial charge in [-0.2, -0.15) is 0 Å². The lowest BCUT2D eigenvalue weighted by atomic mass is 9.57. The lowest BCUT2D eigenvalue weighted by molar-refractivity contribution is 0.201. The van der Waals surface area contributed by atoms with Crippen molar-refractivity contribution in [3.05, 3.63) is 55.0 Å². The molecule has 1 aromatic carbocycles.